The molecule has 3 heterocycles. The van der Waals surface area contributed by atoms with Crippen molar-refractivity contribution in [1.29, 1.82) is 0 Å². The van der Waals surface area contributed by atoms with E-state index in [4.69, 9.17) is 13.6 Å². The van der Waals surface area contributed by atoms with Crippen molar-refractivity contribution < 1.29 is 28.3 Å². The van der Waals surface area contributed by atoms with Gasteiger partial charge in [0, 0.05) is 11.5 Å². The SMILES string of the molecule is Cc1ccc2occ([C@H]3c4c(c5ccccc5oc4=O)OC(=O)[C@@H]3C(=O)c3ccccc3O)c(=O)c2c1. The number of carbonyl (C=O) groups is 2. The first-order valence-corrected chi connectivity index (χ1v) is 11.5. The lowest BCUT2D eigenvalue weighted by Crippen LogP contribution is -2.41. The minimum absolute atomic E-state index is 0.0765. The third-order valence-corrected chi connectivity index (χ3v) is 6.64. The number of esters is 1. The summed E-state index contributed by atoms with van der Waals surface area (Å²) in [5, 5.41) is 10.9. The highest BCUT2D eigenvalue weighted by Crippen LogP contribution is 2.44. The fourth-order valence-corrected chi connectivity index (χ4v) is 4.90. The molecule has 37 heavy (non-hydrogen) atoms. The van der Waals surface area contributed by atoms with Crippen LogP contribution in [0.2, 0.25) is 0 Å². The number of carbonyl (C=O) groups excluding carboxylic acids is 2. The van der Waals surface area contributed by atoms with Crippen LogP contribution in [-0.4, -0.2) is 16.9 Å². The van der Waals surface area contributed by atoms with Crippen LogP contribution in [0.25, 0.3) is 21.9 Å². The van der Waals surface area contributed by atoms with Crippen molar-refractivity contribution in [1.82, 2.24) is 0 Å². The lowest BCUT2D eigenvalue weighted by molar-refractivity contribution is -0.138. The monoisotopic (exact) mass is 494 g/mol. The third-order valence-electron chi connectivity index (χ3n) is 6.64. The molecular weight excluding hydrogens is 476 g/mol. The highest BCUT2D eigenvalue weighted by molar-refractivity contribution is 6.12. The van der Waals surface area contributed by atoms with Gasteiger partial charge in [-0.2, -0.15) is 0 Å². The molecule has 0 fully saturated rings. The summed E-state index contributed by atoms with van der Waals surface area (Å²) in [7, 11) is 0. The highest BCUT2D eigenvalue weighted by Gasteiger charge is 2.48. The highest BCUT2D eigenvalue weighted by atomic mass is 16.5. The molecule has 5 aromatic rings. The van der Waals surface area contributed by atoms with E-state index in [1.807, 2.05) is 6.92 Å². The number of phenols is 1. The Balaban J connectivity index is 1.69. The van der Waals surface area contributed by atoms with Gasteiger partial charge in [0.1, 0.15) is 22.8 Å². The van der Waals surface area contributed by atoms with E-state index in [2.05, 4.69) is 0 Å². The van der Waals surface area contributed by atoms with Crippen LogP contribution in [0.3, 0.4) is 0 Å². The van der Waals surface area contributed by atoms with Crippen molar-refractivity contribution in [2.75, 3.05) is 0 Å². The fourth-order valence-electron chi connectivity index (χ4n) is 4.90. The van der Waals surface area contributed by atoms with Gasteiger partial charge in [0.15, 0.2) is 17.0 Å². The average Bonchev–Trinajstić information content (AvgIpc) is 2.89. The number of para-hydroxylation sites is 2. The van der Waals surface area contributed by atoms with Gasteiger partial charge in [-0.05, 0) is 43.3 Å². The summed E-state index contributed by atoms with van der Waals surface area (Å²) in [6, 6.07) is 17.3. The van der Waals surface area contributed by atoms with E-state index in [-0.39, 0.29) is 39.2 Å². The molecule has 2 atom stereocenters. The number of ether oxygens (including phenoxy) is 1. The van der Waals surface area contributed by atoms with Crippen LogP contribution in [0, 0.1) is 12.8 Å². The summed E-state index contributed by atoms with van der Waals surface area (Å²) in [6.45, 7) is 1.81. The van der Waals surface area contributed by atoms with E-state index < -0.39 is 34.6 Å². The molecule has 6 rings (SSSR count). The maximum atomic E-state index is 13.7. The Morgan fingerprint density at radius 2 is 1.65 bits per heavy atom. The van der Waals surface area contributed by atoms with Crippen molar-refractivity contribution in [3.8, 4) is 11.5 Å². The normalized spacial score (nSPS) is 16.9. The lowest BCUT2D eigenvalue weighted by Gasteiger charge is -2.30. The van der Waals surface area contributed by atoms with Crippen molar-refractivity contribution in [3.05, 3.63) is 116 Å². The van der Waals surface area contributed by atoms with Gasteiger partial charge in [0.25, 0.3) is 0 Å². The Kier molecular flexibility index (Phi) is 5.05. The molecule has 0 bridgehead atoms. The van der Waals surface area contributed by atoms with Crippen LogP contribution in [0.4, 0.5) is 0 Å². The predicted molar refractivity (Wildman–Crippen MR) is 133 cm³/mol. The molecule has 8 heteroatoms. The number of ketones is 1. The largest absolute Gasteiger partial charge is 0.507 e. The molecule has 0 spiro atoms. The average molecular weight is 494 g/mol. The molecule has 1 aliphatic heterocycles. The van der Waals surface area contributed by atoms with E-state index in [1.165, 1.54) is 24.3 Å². The molecule has 2 aromatic heterocycles. The molecule has 0 aliphatic carbocycles. The molecule has 0 saturated heterocycles. The zero-order valence-electron chi connectivity index (χ0n) is 19.4. The van der Waals surface area contributed by atoms with E-state index in [1.54, 1.807) is 42.5 Å². The van der Waals surface area contributed by atoms with Gasteiger partial charge in [-0.1, -0.05) is 35.9 Å². The summed E-state index contributed by atoms with van der Waals surface area (Å²) in [4.78, 5) is 54.2. The summed E-state index contributed by atoms with van der Waals surface area (Å²) < 4.78 is 16.8. The molecule has 0 radical (unpaired) electrons. The Hall–Kier alpha value is -4.98. The first kappa shape index (κ1) is 22.5. The molecule has 1 aliphatic rings. The molecule has 0 saturated carbocycles. The Labute approximate surface area is 208 Å². The first-order chi connectivity index (χ1) is 17.8. The number of hydrogen-bond acceptors (Lipinski definition) is 8. The number of aryl methyl sites for hydroxylation is 1. The number of Topliss-reactive ketones (excluding diaryl/α,β-unsaturated/α-hetero) is 1. The van der Waals surface area contributed by atoms with Gasteiger partial charge >= 0.3 is 11.6 Å². The topological polar surface area (TPSA) is 124 Å². The second-order valence-corrected chi connectivity index (χ2v) is 8.91. The minimum Gasteiger partial charge on any atom is -0.507 e. The molecule has 182 valence electrons. The maximum absolute atomic E-state index is 13.7. The van der Waals surface area contributed by atoms with E-state index in [0.717, 1.165) is 11.8 Å². The van der Waals surface area contributed by atoms with Crippen LogP contribution < -0.4 is 15.8 Å². The van der Waals surface area contributed by atoms with Crippen molar-refractivity contribution in [3.63, 3.8) is 0 Å². The standard InChI is InChI=1S/C29H18O8/c1-14-10-11-20-17(12-14)25(31)18(13-35-20)22-23(26(32)15-6-2-4-8-19(15)30)28(33)37-27-16-7-3-5-9-21(16)36-29(34)24(22)27/h2-13,22-23,30H,1H3/t22-,23+/m1/s1. The number of benzene rings is 3. The quantitative estimate of drug-likeness (QED) is 0.169. The van der Waals surface area contributed by atoms with Gasteiger partial charge in [-0.3, -0.25) is 14.4 Å². The van der Waals surface area contributed by atoms with Gasteiger partial charge in [0.2, 0.25) is 0 Å². The summed E-state index contributed by atoms with van der Waals surface area (Å²) in [6.07, 6.45) is 1.16. The van der Waals surface area contributed by atoms with E-state index >= 15 is 0 Å². The molecule has 8 nitrogen and oxygen atoms in total. The van der Waals surface area contributed by atoms with Crippen LogP contribution in [-0.2, 0) is 4.79 Å². The van der Waals surface area contributed by atoms with Gasteiger partial charge in [-0.15, -0.1) is 0 Å². The van der Waals surface area contributed by atoms with Crippen LogP contribution in [0.1, 0.15) is 33.0 Å². The van der Waals surface area contributed by atoms with E-state index in [0.29, 0.717) is 11.0 Å². The van der Waals surface area contributed by atoms with Crippen LogP contribution in [0.15, 0.2) is 91.4 Å². The Morgan fingerprint density at radius 1 is 0.892 bits per heavy atom. The Bertz CT molecular complexity index is 1880. The molecule has 1 N–H and O–H groups in total. The molecule has 3 aromatic carbocycles. The number of hydrogen-bond donors (Lipinski definition) is 1. The zero-order valence-corrected chi connectivity index (χ0v) is 19.4. The number of rotatable bonds is 3. The van der Waals surface area contributed by atoms with E-state index in [9.17, 15) is 24.3 Å². The van der Waals surface area contributed by atoms with Crippen molar-refractivity contribution in [2.24, 2.45) is 5.92 Å². The smallest absolute Gasteiger partial charge is 0.343 e. The second kappa shape index (κ2) is 8.30. The van der Waals surface area contributed by atoms with Crippen LogP contribution in [0.5, 0.6) is 11.5 Å². The zero-order chi connectivity index (χ0) is 25.8. The number of phenolic OH excluding ortho intramolecular Hbond substituents is 1. The summed E-state index contributed by atoms with van der Waals surface area (Å²) in [5.41, 5.74) is -0.435. The number of fused-ring (bicyclic) bond motifs is 4. The fraction of sp³-hybridized carbons (Fsp3) is 0.103. The van der Waals surface area contributed by atoms with Gasteiger partial charge < -0.3 is 18.7 Å². The third kappa shape index (κ3) is 3.45. The molecule has 0 unspecified atom stereocenters. The van der Waals surface area contributed by atoms with Crippen LogP contribution >= 0.6 is 0 Å². The number of aromatic hydroxyl groups is 1. The maximum Gasteiger partial charge on any atom is 0.343 e. The molecular formula is C29H18O8. The minimum atomic E-state index is -1.66. The summed E-state index contributed by atoms with van der Waals surface area (Å²) in [5.74, 6) is -5.25. The van der Waals surface area contributed by atoms with Crippen molar-refractivity contribution in [2.45, 2.75) is 12.8 Å². The lowest BCUT2D eigenvalue weighted by atomic mass is 9.75. The van der Waals surface area contributed by atoms with Gasteiger partial charge in [0.05, 0.1) is 28.2 Å². The second-order valence-electron chi connectivity index (χ2n) is 8.91. The van der Waals surface area contributed by atoms with Crippen molar-refractivity contribution >= 4 is 33.7 Å². The predicted octanol–water partition coefficient (Wildman–Crippen LogP) is 4.46. The first-order valence-electron chi connectivity index (χ1n) is 11.5. The summed E-state index contributed by atoms with van der Waals surface area (Å²) >= 11 is 0. The molecule has 0 amide bonds. The van der Waals surface area contributed by atoms with Gasteiger partial charge in [-0.25, -0.2) is 4.79 Å². The Morgan fingerprint density at radius 3 is 2.46 bits per heavy atom.